The summed E-state index contributed by atoms with van der Waals surface area (Å²) in [5.74, 6) is -0.146. The third-order valence-corrected chi connectivity index (χ3v) is 2.60. The molecule has 0 saturated heterocycles. The zero-order valence-corrected chi connectivity index (χ0v) is 10.0. The number of hydrogen-bond acceptors (Lipinski definition) is 2. The number of hydrogen-bond donors (Lipinski definition) is 1. The van der Waals surface area contributed by atoms with Crippen molar-refractivity contribution in [1.82, 2.24) is 4.98 Å². The second-order valence-electron chi connectivity index (χ2n) is 3.64. The Morgan fingerprint density at radius 3 is 2.65 bits per heavy atom. The van der Waals surface area contributed by atoms with Crippen LogP contribution >= 0.6 is 11.6 Å². The van der Waals surface area contributed by atoms with Crippen molar-refractivity contribution in [3.05, 3.63) is 58.9 Å². The van der Waals surface area contributed by atoms with Gasteiger partial charge in [0.1, 0.15) is 5.15 Å². The summed E-state index contributed by atoms with van der Waals surface area (Å²) >= 11 is 5.67. The number of anilines is 1. The molecule has 0 radical (unpaired) electrons. The Bertz CT molecular complexity index is 537. The lowest BCUT2D eigenvalue weighted by molar-refractivity contribution is 0.102. The van der Waals surface area contributed by atoms with E-state index in [4.69, 9.17) is 11.6 Å². The lowest BCUT2D eigenvalue weighted by Crippen LogP contribution is -2.13. The molecule has 1 amide bonds. The quantitative estimate of drug-likeness (QED) is 0.826. The first-order valence-electron chi connectivity index (χ1n) is 5.15. The number of carbonyl (C=O) groups excluding carboxylic acids is 1. The number of aromatic nitrogens is 1. The minimum Gasteiger partial charge on any atom is -0.321 e. The van der Waals surface area contributed by atoms with Gasteiger partial charge in [-0.15, -0.1) is 0 Å². The largest absolute Gasteiger partial charge is 0.321 e. The predicted molar refractivity (Wildman–Crippen MR) is 68.4 cm³/mol. The Balaban J connectivity index is 2.17. The van der Waals surface area contributed by atoms with Crippen LogP contribution in [-0.4, -0.2) is 10.9 Å². The molecule has 0 bridgehead atoms. The maximum absolute atomic E-state index is 11.9. The van der Waals surface area contributed by atoms with E-state index in [0.29, 0.717) is 16.4 Å². The van der Waals surface area contributed by atoms with Gasteiger partial charge >= 0.3 is 0 Å². The Morgan fingerprint density at radius 1 is 1.24 bits per heavy atom. The van der Waals surface area contributed by atoms with Gasteiger partial charge in [-0.1, -0.05) is 29.8 Å². The number of rotatable bonds is 2. The highest BCUT2D eigenvalue weighted by Crippen LogP contribution is 2.13. The van der Waals surface area contributed by atoms with Crippen molar-refractivity contribution in [1.29, 1.82) is 0 Å². The van der Waals surface area contributed by atoms with Gasteiger partial charge < -0.3 is 5.32 Å². The third-order valence-electron chi connectivity index (χ3n) is 2.37. The van der Waals surface area contributed by atoms with Gasteiger partial charge in [0, 0.05) is 5.56 Å². The van der Waals surface area contributed by atoms with Crippen LogP contribution in [0.2, 0.25) is 5.15 Å². The van der Waals surface area contributed by atoms with Crippen molar-refractivity contribution in [3.8, 4) is 0 Å². The number of amides is 1. The SMILES string of the molecule is Cc1ccccc1C(=O)Nc1ccc(Cl)nc1. The van der Waals surface area contributed by atoms with Crippen LogP contribution in [0, 0.1) is 6.92 Å². The zero-order valence-electron chi connectivity index (χ0n) is 9.27. The average Bonchev–Trinajstić information content (AvgIpc) is 2.32. The molecular weight excluding hydrogens is 236 g/mol. The van der Waals surface area contributed by atoms with E-state index in [1.807, 2.05) is 25.1 Å². The van der Waals surface area contributed by atoms with Gasteiger partial charge in [-0.25, -0.2) is 4.98 Å². The Kier molecular flexibility index (Phi) is 3.40. The van der Waals surface area contributed by atoms with E-state index in [-0.39, 0.29) is 5.91 Å². The van der Waals surface area contributed by atoms with Gasteiger partial charge in [0.15, 0.2) is 0 Å². The van der Waals surface area contributed by atoms with Gasteiger partial charge in [-0.2, -0.15) is 0 Å². The van der Waals surface area contributed by atoms with Crippen molar-refractivity contribution in [2.75, 3.05) is 5.32 Å². The second kappa shape index (κ2) is 4.97. The molecule has 1 N–H and O–H groups in total. The summed E-state index contributed by atoms with van der Waals surface area (Å²) in [5.41, 5.74) is 2.22. The van der Waals surface area contributed by atoms with Crippen molar-refractivity contribution in [2.45, 2.75) is 6.92 Å². The van der Waals surface area contributed by atoms with Gasteiger partial charge in [0.25, 0.3) is 5.91 Å². The fourth-order valence-corrected chi connectivity index (χ4v) is 1.59. The average molecular weight is 247 g/mol. The summed E-state index contributed by atoms with van der Waals surface area (Å²) in [4.78, 5) is 15.8. The molecule has 1 aromatic heterocycles. The van der Waals surface area contributed by atoms with Crippen molar-refractivity contribution >= 4 is 23.2 Å². The summed E-state index contributed by atoms with van der Waals surface area (Å²) in [6, 6.07) is 10.8. The van der Waals surface area contributed by atoms with Crippen molar-refractivity contribution in [3.63, 3.8) is 0 Å². The Hall–Kier alpha value is -1.87. The number of halogens is 1. The molecule has 0 spiro atoms. The van der Waals surface area contributed by atoms with Gasteiger partial charge in [0.2, 0.25) is 0 Å². The lowest BCUT2D eigenvalue weighted by Gasteiger charge is -2.06. The molecule has 0 aliphatic carbocycles. The van der Waals surface area contributed by atoms with E-state index in [1.165, 1.54) is 6.20 Å². The van der Waals surface area contributed by atoms with Crippen LogP contribution in [0.5, 0.6) is 0 Å². The van der Waals surface area contributed by atoms with Crippen LogP contribution in [0.3, 0.4) is 0 Å². The van der Waals surface area contributed by atoms with Crippen LogP contribution in [-0.2, 0) is 0 Å². The smallest absolute Gasteiger partial charge is 0.255 e. The molecule has 1 heterocycles. The third kappa shape index (κ3) is 2.82. The number of benzene rings is 1. The molecule has 1 aromatic carbocycles. The number of carbonyl (C=O) groups is 1. The molecular formula is C13H11ClN2O. The standard InChI is InChI=1S/C13H11ClN2O/c1-9-4-2-3-5-11(9)13(17)16-10-6-7-12(14)15-8-10/h2-8H,1H3,(H,16,17). The van der Waals surface area contributed by atoms with Crippen LogP contribution < -0.4 is 5.32 Å². The molecule has 0 aliphatic heterocycles. The molecule has 0 atom stereocenters. The molecule has 4 heteroatoms. The number of aryl methyl sites for hydroxylation is 1. The molecule has 0 unspecified atom stereocenters. The van der Waals surface area contributed by atoms with Gasteiger partial charge in [-0.05, 0) is 30.7 Å². The highest BCUT2D eigenvalue weighted by Gasteiger charge is 2.08. The maximum Gasteiger partial charge on any atom is 0.255 e. The number of nitrogens with zero attached hydrogens (tertiary/aromatic N) is 1. The molecule has 3 nitrogen and oxygen atoms in total. The summed E-state index contributed by atoms with van der Waals surface area (Å²) in [7, 11) is 0. The first-order chi connectivity index (χ1) is 8.16. The van der Waals surface area contributed by atoms with Gasteiger partial charge in [-0.3, -0.25) is 4.79 Å². The fraction of sp³-hybridized carbons (Fsp3) is 0.0769. The molecule has 17 heavy (non-hydrogen) atoms. The number of nitrogens with one attached hydrogen (secondary N) is 1. The fourth-order valence-electron chi connectivity index (χ4n) is 1.48. The van der Waals surface area contributed by atoms with Crippen LogP contribution in [0.4, 0.5) is 5.69 Å². The normalized spacial score (nSPS) is 10.0. The first-order valence-corrected chi connectivity index (χ1v) is 5.53. The van der Waals surface area contributed by atoms with Crippen LogP contribution in [0.15, 0.2) is 42.6 Å². The van der Waals surface area contributed by atoms with Crippen molar-refractivity contribution < 1.29 is 4.79 Å². The van der Waals surface area contributed by atoms with E-state index in [9.17, 15) is 4.79 Å². The van der Waals surface area contributed by atoms with E-state index in [0.717, 1.165) is 5.56 Å². The van der Waals surface area contributed by atoms with Crippen molar-refractivity contribution in [2.24, 2.45) is 0 Å². The molecule has 0 fully saturated rings. The molecule has 2 aromatic rings. The summed E-state index contributed by atoms with van der Waals surface area (Å²) in [6.45, 7) is 1.90. The van der Waals surface area contributed by atoms with E-state index >= 15 is 0 Å². The molecule has 86 valence electrons. The second-order valence-corrected chi connectivity index (χ2v) is 4.03. The highest BCUT2D eigenvalue weighted by molar-refractivity contribution is 6.29. The predicted octanol–water partition coefficient (Wildman–Crippen LogP) is 3.30. The minimum atomic E-state index is -0.146. The molecule has 0 aliphatic rings. The van der Waals surface area contributed by atoms with Crippen LogP contribution in [0.1, 0.15) is 15.9 Å². The summed E-state index contributed by atoms with van der Waals surface area (Å²) in [6.07, 6.45) is 1.53. The topological polar surface area (TPSA) is 42.0 Å². The maximum atomic E-state index is 11.9. The monoisotopic (exact) mass is 246 g/mol. The summed E-state index contributed by atoms with van der Waals surface area (Å²) < 4.78 is 0. The number of pyridine rings is 1. The van der Waals surface area contributed by atoms with E-state index in [2.05, 4.69) is 10.3 Å². The minimum absolute atomic E-state index is 0.146. The highest BCUT2D eigenvalue weighted by atomic mass is 35.5. The lowest BCUT2D eigenvalue weighted by atomic mass is 10.1. The summed E-state index contributed by atoms with van der Waals surface area (Å²) in [5, 5.41) is 3.17. The molecule has 0 saturated carbocycles. The zero-order chi connectivity index (χ0) is 12.3. The Morgan fingerprint density at radius 2 is 2.00 bits per heavy atom. The van der Waals surface area contributed by atoms with Gasteiger partial charge in [0.05, 0.1) is 11.9 Å². The van der Waals surface area contributed by atoms with E-state index < -0.39 is 0 Å². The van der Waals surface area contributed by atoms with Crippen LogP contribution in [0.25, 0.3) is 0 Å². The molecule has 2 rings (SSSR count). The van der Waals surface area contributed by atoms with E-state index in [1.54, 1.807) is 18.2 Å². The Labute approximate surface area is 104 Å². The first kappa shape index (κ1) is 11.6.